The first-order valence-electron chi connectivity index (χ1n) is 13.1. The first-order valence-corrected chi connectivity index (χ1v) is 13.1. The van der Waals surface area contributed by atoms with Crippen molar-refractivity contribution in [1.82, 2.24) is 4.90 Å². The summed E-state index contributed by atoms with van der Waals surface area (Å²) in [5, 5.41) is 9.59. The molecule has 6 nitrogen and oxygen atoms in total. The Morgan fingerprint density at radius 1 is 0.861 bits per heavy atom. The van der Waals surface area contributed by atoms with Crippen LogP contribution in [0.25, 0.3) is 0 Å². The van der Waals surface area contributed by atoms with Gasteiger partial charge in [-0.15, -0.1) is 0 Å². The average molecular weight is 498 g/mol. The Balaban J connectivity index is 1.91. The molecule has 0 saturated carbocycles. The quantitative estimate of drug-likeness (QED) is 0.279. The lowest BCUT2D eigenvalue weighted by molar-refractivity contribution is -0.151. The van der Waals surface area contributed by atoms with E-state index in [4.69, 9.17) is 9.47 Å². The van der Waals surface area contributed by atoms with Crippen LogP contribution in [0.2, 0.25) is 0 Å². The third kappa shape index (κ3) is 11.7. The number of amides is 1. The van der Waals surface area contributed by atoms with Gasteiger partial charge in [0, 0.05) is 19.5 Å². The second-order valence-electron chi connectivity index (χ2n) is 10.3. The smallest absolute Gasteiger partial charge is 0.410 e. The highest BCUT2D eigenvalue weighted by atomic mass is 16.6. The van der Waals surface area contributed by atoms with Crippen LogP contribution in [0.15, 0.2) is 54.6 Å². The van der Waals surface area contributed by atoms with Crippen LogP contribution in [0.1, 0.15) is 76.5 Å². The van der Waals surface area contributed by atoms with Crippen molar-refractivity contribution in [1.29, 1.82) is 0 Å². The first kappa shape index (κ1) is 29.4. The van der Waals surface area contributed by atoms with Gasteiger partial charge in [-0.05, 0) is 50.3 Å². The number of ether oxygens (including phenoxy) is 2. The van der Waals surface area contributed by atoms with Gasteiger partial charge >= 0.3 is 12.1 Å². The third-order valence-corrected chi connectivity index (χ3v) is 5.87. The summed E-state index contributed by atoms with van der Waals surface area (Å²) in [5.41, 5.74) is 2.41. The predicted molar refractivity (Wildman–Crippen MR) is 143 cm³/mol. The van der Waals surface area contributed by atoms with Crippen molar-refractivity contribution >= 4 is 12.1 Å². The maximum Gasteiger partial charge on any atom is 0.410 e. The second-order valence-corrected chi connectivity index (χ2v) is 10.3. The number of benzene rings is 2. The molecule has 2 rings (SSSR count). The van der Waals surface area contributed by atoms with Gasteiger partial charge < -0.3 is 19.5 Å². The lowest BCUT2D eigenvalue weighted by Crippen LogP contribution is -2.38. The molecule has 0 aliphatic rings. The number of carbonyl (C=O) groups is 2. The molecule has 1 amide bonds. The molecule has 1 N–H and O–H groups in total. The zero-order chi connectivity index (χ0) is 26.4. The van der Waals surface area contributed by atoms with E-state index in [2.05, 4.69) is 6.92 Å². The molecule has 1 unspecified atom stereocenters. The number of unbranched alkanes of at least 4 members (excludes halogenated alkanes) is 4. The van der Waals surface area contributed by atoms with Gasteiger partial charge in [0.15, 0.2) is 6.10 Å². The van der Waals surface area contributed by atoms with Crippen LogP contribution >= 0.6 is 0 Å². The van der Waals surface area contributed by atoms with E-state index in [0.29, 0.717) is 25.9 Å². The van der Waals surface area contributed by atoms with E-state index in [9.17, 15) is 14.7 Å². The second kappa shape index (κ2) is 15.3. The zero-order valence-electron chi connectivity index (χ0n) is 22.4. The zero-order valence-corrected chi connectivity index (χ0v) is 22.4. The summed E-state index contributed by atoms with van der Waals surface area (Å²) in [6.45, 7) is 9.38. The normalized spacial score (nSPS) is 12.2. The SMILES string of the molecule is CCCCCCCN(CCc1ccc(CC(OCc2ccccc2)C(=O)O)cc1)C(=O)OC(C)(C)C. The Kier molecular flexibility index (Phi) is 12.5. The largest absolute Gasteiger partial charge is 0.479 e. The molecule has 0 aliphatic heterocycles. The Bertz CT molecular complexity index is 905. The van der Waals surface area contributed by atoms with Crippen LogP contribution in [0.4, 0.5) is 4.79 Å². The number of hydrogen-bond acceptors (Lipinski definition) is 4. The van der Waals surface area contributed by atoms with Crippen LogP contribution in [-0.2, 0) is 33.7 Å². The predicted octanol–water partition coefficient (Wildman–Crippen LogP) is 6.65. The van der Waals surface area contributed by atoms with Crippen molar-refractivity contribution in [2.75, 3.05) is 13.1 Å². The maximum absolute atomic E-state index is 12.7. The van der Waals surface area contributed by atoms with E-state index in [1.807, 2.05) is 80.3 Å². The van der Waals surface area contributed by atoms with Crippen molar-refractivity contribution in [3.8, 4) is 0 Å². The fraction of sp³-hybridized carbons (Fsp3) is 0.533. The molecule has 1 atom stereocenters. The van der Waals surface area contributed by atoms with E-state index in [1.165, 1.54) is 19.3 Å². The topological polar surface area (TPSA) is 76.1 Å². The summed E-state index contributed by atoms with van der Waals surface area (Å²) in [6.07, 6.45) is 5.51. The highest BCUT2D eigenvalue weighted by molar-refractivity contribution is 5.72. The molecule has 0 saturated heterocycles. The van der Waals surface area contributed by atoms with Gasteiger partial charge in [0.05, 0.1) is 6.61 Å². The molecule has 0 radical (unpaired) electrons. The van der Waals surface area contributed by atoms with E-state index in [0.717, 1.165) is 29.5 Å². The van der Waals surface area contributed by atoms with Crippen molar-refractivity contribution in [2.45, 2.75) is 91.0 Å². The third-order valence-electron chi connectivity index (χ3n) is 5.87. The number of carboxylic acids is 1. The number of carboxylic acid groups (broad SMARTS) is 1. The Morgan fingerprint density at radius 2 is 1.50 bits per heavy atom. The van der Waals surface area contributed by atoms with Gasteiger partial charge in [0.1, 0.15) is 5.60 Å². The summed E-state index contributed by atoms with van der Waals surface area (Å²) >= 11 is 0. The number of aliphatic carboxylic acids is 1. The molecule has 6 heteroatoms. The lowest BCUT2D eigenvalue weighted by atomic mass is 10.0. The number of hydrogen-bond donors (Lipinski definition) is 1. The molecule has 36 heavy (non-hydrogen) atoms. The van der Waals surface area contributed by atoms with Gasteiger partial charge in [0.25, 0.3) is 0 Å². The standard InChI is InChI=1S/C30H43NO5/c1-5-6-7-8-12-20-31(29(34)36-30(2,3)4)21-19-24-15-17-25(18-16-24)22-27(28(32)33)35-23-26-13-10-9-11-14-26/h9-11,13-18,27H,5-8,12,19-23H2,1-4H3,(H,32,33). The average Bonchev–Trinajstić information content (AvgIpc) is 2.83. The monoisotopic (exact) mass is 497 g/mol. The highest BCUT2D eigenvalue weighted by Crippen LogP contribution is 2.15. The van der Waals surface area contributed by atoms with Gasteiger partial charge in [-0.3, -0.25) is 0 Å². The van der Waals surface area contributed by atoms with Gasteiger partial charge in [-0.2, -0.15) is 0 Å². The minimum Gasteiger partial charge on any atom is -0.479 e. The van der Waals surface area contributed by atoms with Gasteiger partial charge in [0.2, 0.25) is 0 Å². The molecule has 2 aromatic carbocycles. The van der Waals surface area contributed by atoms with Crippen LogP contribution in [0.5, 0.6) is 0 Å². The Hall–Kier alpha value is -2.86. The van der Waals surface area contributed by atoms with Crippen LogP contribution in [-0.4, -0.2) is 46.9 Å². The van der Waals surface area contributed by atoms with Crippen molar-refractivity contribution in [2.24, 2.45) is 0 Å². The summed E-state index contributed by atoms with van der Waals surface area (Å²) in [6, 6.07) is 17.4. The molecule has 0 heterocycles. The Labute approximate surface area is 216 Å². The summed E-state index contributed by atoms with van der Waals surface area (Å²) < 4.78 is 11.3. The number of carbonyl (C=O) groups excluding carboxylic acids is 1. The van der Waals surface area contributed by atoms with Gasteiger partial charge in [-0.25, -0.2) is 9.59 Å². The summed E-state index contributed by atoms with van der Waals surface area (Å²) in [7, 11) is 0. The fourth-order valence-electron chi connectivity index (χ4n) is 3.84. The maximum atomic E-state index is 12.7. The summed E-state index contributed by atoms with van der Waals surface area (Å²) in [4.78, 5) is 26.2. The fourth-order valence-corrected chi connectivity index (χ4v) is 3.84. The van der Waals surface area contributed by atoms with Crippen molar-refractivity contribution in [3.63, 3.8) is 0 Å². The molecule has 0 bridgehead atoms. The highest BCUT2D eigenvalue weighted by Gasteiger charge is 2.22. The number of nitrogens with zero attached hydrogens (tertiary/aromatic N) is 1. The lowest BCUT2D eigenvalue weighted by Gasteiger charge is -2.27. The van der Waals surface area contributed by atoms with Crippen LogP contribution < -0.4 is 0 Å². The molecule has 2 aromatic rings. The molecule has 198 valence electrons. The van der Waals surface area contributed by atoms with Crippen LogP contribution in [0, 0.1) is 0 Å². The van der Waals surface area contributed by atoms with E-state index in [1.54, 1.807) is 0 Å². The Morgan fingerprint density at radius 3 is 2.11 bits per heavy atom. The van der Waals surface area contributed by atoms with E-state index in [-0.39, 0.29) is 12.7 Å². The van der Waals surface area contributed by atoms with Gasteiger partial charge in [-0.1, -0.05) is 87.2 Å². The molecule has 0 aliphatic carbocycles. The van der Waals surface area contributed by atoms with Crippen LogP contribution in [0.3, 0.4) is 0 Å². The summed E-state index contributed by atoms with van der Waals surface area (Å²) in [5.74, 6) is -0.970. The number of rotatable bonds is 15. The first-order chi connectivity index (χ1) is 17.2. The van der Waals surface area contributed by atoms with E-state index < -0.39 is 17.7 Å². The molecule has 0 aromatic heterocycles. The minimum atomic E-state index is -0.970. The minimum absolute atomic E-state index is 0.259. The molecular formula is C30H43NO5. The van der Waals surface area contributed by atoms with Crippen molar-refractivity contribution in [3.05, 3.63) is 71.3 Å². The molecular weight excluding hydrogens is 454 g/mol. The molecule has 0 spiro atoms. The molecule has 0 fully saturated rings. The van der Waals surface area contributed by atoms with E-state index >= 15 is 0 Å². The van der Waals surface area contributed by atoms with Crippen molar-refractivity contribution < 1.29 is 24.2 Å².